The number of amides is 1. The number of carbonyl (C=O) groups excluding carboxylic acids is 1. The van der Waals surface area contributed by atoms with Gasteiger partial charge in [-0.25, -0.2) is 0 Å². The van der Waals surface area contributed by atoms with Crippen LogP contribution in [0.1, 0.15) is 51.2 Å². The zero-order chi connectivity index (χ0) is 17.0. The van der Waals surface area contributed by atoms with Gasteiger partial charge in [0.1, 0.15) is 0 Å². The number of nitriles is 1. The van der Waals surface area contributed by atoms with Crippen molar-refractivity contribution in [2.75, 3.05) is 6.54 Å². The van der Waals surface area contributed by atoms with Crippen LogP contribution in [0.4, 0.5) is 0 Å². The number of hydrogen-bond acceptors (Lipinski definition) is 3. The van der Waals surface area contributed by atoms with Crippen molar-refractivity contribution in [1.82, 2.24) is 4.90 Å². The molecule has 1 aliphatic carbocycles. The van der Waals surface area contributed by atoms with Gasteiger partial charge in [0.15, 0.2) is 0 Å². The minimum absolute atomic E-state index is 0.00307. The Balaban J connectivity index is 1.74. The first-order valence-electron chi connectivity index (χ1n) is 8.18. The third-order valence-corrected chi connectivity index (χ3v) is 5.51. The Bertz CT molecular complexity index is 670. The van der Waals surface area contributed by atoms with Gasteiger partial charge in [-0.3, -0.25) is 4.79 Å². The lowest BCUT2D eigenvalue weighted by atomic mass is 9.82. The Hall–Kier alpha value is -1.86. The van der Waals surface area contributed by atoms with Crippen molar-refractivity contribution in [1.29, 1.82) is 5.26 Å². The fourth-order valence-corrected chi connectivity index (χ4v) is 4.00. The van der Waals surface area contributed by atoms with E-state index in [-0.39, 0.29) is 23.2 Å². The molecule has 0 aromatic heterocycles. The Morgan fingerprint density at radius 1 is 1.26 bits per heavy atom. The van der Waals surface area contributed by atoms with E-state index >= 15 is 0 Å². The van der Waals surface area contributed by atoms with Crippen LogP contribution in [-0.2, 0) is 4.79 Å². The van der Waals surface area contributed by atoms with Crippen LogP contribution in [-0.4, -0.2) is 34.1 Å². The van der Waals surface area contributed by atoms with Crippen molar-refractivity contribution in [2.24, 2.45) is 11.3 Å². The Kier molecular flexibility index (Phi) is 3.53. The van der Waals surface area contributed by atoms with Gasteiger partial charge in [0.05, 0.1) is 23.3 Å². The van der Waals surface area contributed by atoms with Gasteiger partial charge in [0, 0.05) is 17.9 Å². The van der Waals surface area contributed by atoms with Gasteiger partial charge in [-0.05, 0) is 43.9 Å². The number of rotatable bonds is 2. The summed E-state index contributed by atoms with van der Waals surface area (Å²) < 4.78 is 0. The van der Waals surface area contributed by atoms with E-state index in [4.69, 9.17) is 5.26 Å². The molecule has 1 aromatic rings. The number of aliphatic hydroxyl groups excluding tert-OH is 1. The van der Waals surface area contributed by atoms with Crippen molar-refractivity contribution >= 4 is 5.91 Å². The van der Waals surface area contributed by atoms with Gasteiger partial charge in [-0.15, -0.1) is 0 Å². The first-order valence-corrected chi connectivity index (χ1v) is 8.18. The molecule has 1 saturated carbocycles. The second-order valence-corrected chi connectivity index (χ2v) is 8.15. The van der Waals surface area contributed by atoms with E-state index in [0.717, 1.165) is 12.0 Å². The van der Waals surface area contributed by atoms with Crippen LogP contribution in [0.25, 0.3) is 0 Å². The molecule has 1 amide bonds. The van der Waals surface area contributed by atoms with Crippen molar-refractivity contribution < 1.29 is 9.90 Å². The lowest BCUT2D eigenvalue weighted by Crippen LogP contribution is -2.49. The van der Waals surface area contributed by atoms with Crippen LogP contribution in [0.15, 0.2) is 24.3 Å². The highest BCUT2D eigenvalue weighted by Gasteiger charge is 2.57. The predicted molar refractivity (Wildman–Crippen MR) is 87.6 cm³/mol. The van der Waals surface area contributed by atoms with Crippen molar-refractivity contribution in [2.45, 2.75) is 51.7 Å². The van der Waals surface area contributed by atoms with Crippen LogP contribution in [0, 0.1) is 22.7 Å². The van der Waals surface area contributed by atoms with Gasteiger partial charge in [0.25, 0.3) is 0 Å². The largest absolute Gasteiger partial charge is 0.390 e. The zero-order valence-corrected chi connectivity index (χ0v) is 14.2. The van der Waals surface area contributed by atoms with E-state index in [2.05, 4.69) is 6.07 Å². The maximum Gasteiger partial charge on any atom is 0.226 e. The number of benzene rings is 1. The summed E-state index contributed by atoms with van der Waals surface area (Å²) in [5.41, 5.74) is 0.957. The maximum absolute atomic E-state index is 12.9. The third kappa shape index (κ3) is 2.53. The zero-order valence-electron chi connectivity index (χ0n) is 14.2. The topological polar surface area (TPSA) is 64.3 Å². The van der Waals surface area contributed by atoms with Crippen molar-refractivity contribution in [3.05, 3.63) is 35.4 Å². The normalized spacial score (nSPS) is 30.8. The minimum Gasteiger partial charge on any atom is -0.390 e. The smallest absolute Gasteiger partial charge is 0.226 e. The Morgan fingerprint density at radius 2 is 1.87 bits per heavy atom. The van der Waals surface area contributed by atoms with Crippen molar-refractivity contribution in [3.63, 3.8) is 0 Å². The lowest BCUT2D eigenvalue weighted by molar-refractivity contribution is -0.137. The fourth-order valence-electron chi connectivity index (χ4n) is 4.00. The van der Waals surface area contributed by atoms with E-state index in [1.807, 2.05) is 56.9 Å². The van der Waals surface area contributed by atoms with Crippen LogP contribution in [0.3, 0.4) is 0 Å². The molecule has 1 N–H and O–H groups in total. The van der Waals surface area contributed by atoms with Gasteiger partial charge in [-0.2, -0.15) is 5.26 Å². The average Bonchev–Trinajstić information content (AvgIpc) is 3.28. The number of hydrogen-bond donors (Lipinski definition) is 1. The highest BCUT2D eigenvalue weighted by Crippen LogP contribution is 2.51. The summed E-state index contributed by atoms with van der Waals surface area (Å²) in [6.45, 7) is 8.51. The highest BCUT2D eigenvalue weighted by molar-refractivity contribution is 5.84. The quantitative estimate of drug-likeness (QED) is 0.913. The summed E-state index contributed by atoms with van der Waals surface area (Å²) in [6, 6.07) is 9.63. The number of aliphatic hydroxyl groups is 1. The molecule has 0 bridgehead atoms. The molecule has 1 unspecified atom stereocenters. The maximum atomic E-state index is 12.9. The molecule has 1 saturated heterocycles. The van der Waals surface area contributed by atoms with E-state index in [1.165, 1.54) is 0 Å². The monoisotopic (exact) mass is 312 g/mol. The van der Waals surface area contributed by atoms with Crippen LogP contribution < -0.4 is 0 Å². The van der Waals surface area contributed by atoms with Crippen LogP contribution >= 0.6 is 0 Å². The number of carbonyl (C=O) groups is 1. The lowest BCUT2D eigenvalue weighted by Gasteiger charge is -2.34. The van der Waals surface area contributed by atoms with Crippen LogP contribution in [0.5, 0.6) is 0 Å². The average molecular weight is 312 g/mol. The first-order chi connectivity index (χ1) is 10.7. The highest BCUT2D eigenvalue weighted by atomic mass is 16.3. The first kappa shape index (κ1) is 16.0. The summed E-state index contributed by atoms with van der Waals surface area (Å²) in [5.74, 6) is 0.393. The molecule has 122 valence electrons. The molecule has 4 nitrogen and oxygen atoms in total. The molecule has 0 radical (unpaired) electrons. The summed E-state index contributed by atoms with van der Waals surface area (Å²) >= 11 is 0. The second kappa shape index (κ2) is 5.07. The fraction of sp³-hybridized carbons (Fsp3) is 0.579. The molecule has 1 heterocycles. The van der Waals surface area contributed by atoms with Crippen LogP contribution in [0.2, 0.25) is 0 Å². The molecule has 23 heavy (non-hydrogen) atoms. The molecule has 1 aliphatic heterocycles. The third-order valence-electron chi connectivity index (χ3n) is 5.51. The van der Waals surface area contributed by atoms with E-state index < -0.39 is 11.6 Å². The van der Waals surface area contributed by atoms with Gasteiger partial charge >= 0.3 is 0 Å². The molecule has 3 rings (SSSR count). The summed E-state index contributed by atoms with van der Waals surface area (Å²) in [6.07, 6.45) is 0.333. The Morgan fingerprint density at radius 3 is 2.35 bits per heavy atom. The summed E-state index contributed by atoms with van der Waals surface area (Å²) in [7, 11) is 0. The molecule has 3 atom stereocenters. The molecular formula is C19H24N2O2. The second-order valence-electron chi connectivity index (χ2n) is 8.15. The molecule has 0 spiro atoms. The number of likely N-dealkylation sites (tertiary alicyclic amines) is 1. The summed E-state index contributed by atoms with van der Waals surface area (Å²) in [4.78, 5) is 14.8. The van der Waals surface area contributed by atoms with Gasteiger partial charge in [-0.1, -0.05) is 26.0 Å². The van der Waals surface area contributed by atoms with Gasteiger partial charge in [0.2, 0.25) is 5.91 Å². The van der Waals surface area contributed by atoms with E-state index in [9.17, 15) is 9.90 Å². The van der Waals surface area contributed by atoms with E-state index in [1.54, 1.807) is 0 Å². The molecule has 1 aromatic carbocycles. The minimum atomic E-state index is -0.529. The van der Waals surface area contributed by atoms with E-state index in [0.29, 0.717) is 12.1 Å². The number of nitrogens with zero attached hydrogens (tertiary/aromatic N) is 2. The molecule has 2 fully saturated rings. The summed E-state index contributed by atoms with van der Waals surface area (Å²) in [5, 5.41) is 19.4. The predicted octanol–water partition coefficient (Wildman–Crippen LogP) is 2.67. The van der Waals surface area contributed by atoms with Gasteiger partial charge < -0.3 is 10.0 Å². The molecule has 4 heteroatoms. The molecular weight excluding hydrogens is 288 g/mol. The van der Waals surface area contributed by atoms with Crippen molar-refractivity contribution in [3.8, 4) is 6.07 Å². The Labute approximate surface area is 137 Å². The molecule has 2 aliphatic rings. The standard InChI is InChI=1S/C19H24N2O2/c1-18(2)11-21(19(3,4)17(18)23)16(22)15-9-14(15)13-7-5-12(10-20)6-8-13/h5-8,14-15,17,23H,9,11H2,1-4H3/t14-,15+,17?/m0/s1. The SMILES string of the molecule is CC1(C)CN(C(=O)[C@@H]2C[C@H]2c2ccc(C#N)cc2)C(C)(C)C1O.